The molecule has 0 bridgehead atoms. The SMILES string of the molecule is CN(CCN1CCN(c2cccc(C(N)=O)c2)CC1)c1nc(N)n2nc(-c3ccco3)nc2n1. The highest BCUT2D eigenvalue weighted by Crippen LogP contribution is 2.20. The first-order valence-corrected chi connectivity index (χ1v) is 11.0. The van der Waals surface area contributed by atoms with E-state index in [-0.39, 0.29) is 5.95 Å². The minimum atomic E-state index is -0.409. The molecule has 1 amide bonds. The molecule has 12 heteroatoms. The number of nitrogen functional groups attached to an aromatic ring is 1. The fraction of sp³-hybridized carbons (Fsp3) is 0.318. The van der Waals surface area contributed by atoms with E-state index in [9.17, 15) is 4.79 Å². The van der Waals surface area contributed by atoms with E-state index >= 15 is 0 Å². The molecule has 1 saturated heterocycles. The zero-order valence-corrected chi connectivity index (χ0v) is 18.8. The highest BCUT2D eigenvalue weighted by atomic mass is 16.3. The standard InChI is InChI=1S/C22H26N10O2/c1-29(21-26-20(24)32-22(27-21)25-19(28-32)17-6-3-13-34-17)7-8-30-9-11-31(12-10-30)16-5-2-4-15(14-16)18(23)33/h2-6,13-14H,7-12H2,1H3,(H2,23,33)(H2,24,25,26,27,28). The van der Waals surface area contributed by atoms with Crippen LogP contribution >= 0.6 is 0 Å². The summed E-state index contributed by atoms with van der Waals surface area (Å²) in [4.78, 5) is 31.4. The van der Waals surface area contributed by atoms with Gasteiger partial charge < -0.3 is 25.7 Å². The lowest BCUT2D eigenvalue weighted by Gasteiger charge is -2.36. The molecule has 12 nitrogen and oxygen atoms in total. The van der Waals surface area contributed by atoms with E-state index in [0.29, 0.717) is 28.9 Å². The maximum Gasteiger partial charge on any atom is 0.259 e. The smallest absolute Gasteiger partial charge is 0.259 e. The maximum atomic E-state index is 11.5. The topological polar surface area (TPSA) is 148 Å². The van der Waals surface area contributed by atoms with Crippen LogP contribution in [-0.2, 0) is 0 Å². The highest BCUT2D eigenvalue weighted by molar-refractivity contribution is 5.93. The monoisotopic (exact) mass is 462 g/mol. The van der Waals surface area contributed by atoms with Crippen molar-refractivity contribution >= 4 is 29.3 Å². The first-order chi connectivity index (χ1) is 16.5. The molecular weight excluding hydrogens is 436 g/mol. The Bertz CT molecular complexity index is 1290. The van der Waals surface area contributed by atoms with E-state index < -0.39 is 5.91 Å². The second-order valence-electron chi connectivity index (χ2n) is 8.17. The predicted molar refractivity (Wildman–Crippen MR) is 128 cm³/mol. The average molecular weight is 463 g/mol. The van der Waals surface area contributed by atoms with Gasteiger partial charge in [-0.15, -0.1) is 5.10 Å². The van der Waals surface area contributed by atoms with Gasteiger partial charge in [0.1, 0.15) is 0 Å². The number of aromatic nitrogens is 5. The maximum absolute atomic E-state index is 11.5. The van der Waals surface area contributed by atoms with Crippen LogP contribution in [0.3, 0.4) is 0 Å². The van der Waals surface area contributed by atoms with E-state index in [1.165, 1.54) is 4.52 Å². The average Bonchev–Trinajstić information content (AvgIpc) is 3.53. The molecule has 0 atom stereocenters. The van der Waals surface area contributed by atoms with Gasteiger partial charge in [0, 0.05) is 57.6 Å². The van der Waals surface area contributed by atoms with Crippen molar-refractivity contribution in [2.24, 2.45) is 5.73 Å². The van der Waals surface area contributed by atoms with Gasteiger partial charge in [-0.05, 0) is 30.3 Å². The second-order valence-corrected chi connectivity index (χ2v) is 8.17. The van der Waals surface area contributed by atoms with Crippen LogP contribution in [0, 0.1) is 0 Å². The Labute approximate surface area is 195 Å². The van der Waals surface area contributed by atoms with Crippen molar-refractivity contribution in [2.45, 2.75) is 0 Å². The number of amides is 1. The number of rotatable bonds is 7. The lowest BCUT2D eigenvalue weighted by Crippen LogP contribution is -2.48. The number of carbonyl (C=O) groups is 1. The van der Waals surface area contributed by atoms with E-state index in [1.807, 2.05) is 30.1 Å². The molecule has 1 aliphatic rings. The number of likely N-dealkylation sites (N-methyl/N-ethyl adjacent to an activating group) is 1. The minimum Gasteiger partial charge on any atom is -0.461 e. The summed E-state index contributed by atoms with van der Waals surface area (Å²) in [7, 11) is 1.93. The van der Waals surface area contributed by atoms with Crippen molar-refractivity contribution in [3.05, 3.63) is 48.2 Å². The molecule has 1 fully saturated rings. The summed E-state index contributed by atoms with van der Waals surface area (Å²) in [5.74, 6) is 1.61. The number of benzene rings is 1. The van der Waals surface area contributed by atoms with Gasteiger partial charge in [0.15, 0.2) is 5.76 Å². The summed E-state index contributed by atoms with van der Waals surface area (Å²) >= 11 is 0. The fourth-order valence-corrected chi connectivity index (χ4v) is 3.95. The largest absolute Gasteiger partial charge is 0.461 e. The molecule has 176 valence electrons. The molecule has 3 aromatic heterocycles. The number of hydrogen-bond donors (Lipinski definition) is 2. The third-order valence-corrected chi connectivity index (χ3v) is 5.92. The zero-order chi connectivity index (χ0) is 23.7. The molecular formula is C22H26N10O2. The molecule has 4 N–H and O–H groups in total. The van der Waals surface area contributed by atoms with E-state index in [0.717, 1.165) is 45.0 Å². The Morgan fingerprint density at radius 1 is 1.12 bits per heavy atom. The number of hydrogen-bond acceptors (Lipinski definition) is 10. The van der Waals surface area contributed by atoms with Crippen molar-refractivity contribution in [2.75, 3.05) is 61.8 Å². The number of primary amides is 1. The summed E-state index contributed by atoms with van der Waals surface area (Å²) in [5, 5.41) is 4.33. The first-order valence-electron chi connectivity index (χ1n) is 11.0. The van der Waals surface area contributed by atoms with E-state index in [2.05, 4.69) is 29.9 Å². The molecule has 0 spiro atoms. The van der Waals surface area contributed by atoms with E-state index in [4.69, 9.17) is 15.9 Å². The molecule has 0 unspecified atom stereocenters. The Balaban J connectivity index is 1.19. The molecule has 5 rings (SSSR count). The van der Waals surface area contributed by atoms with Crippen LogP contribution in [0.15, 0.2) is 47.1 Å². The first kappa shape index (κ1) is 21.6. The van der Waals surface area contributed by atoms with Gasteiger partial charge in [0.25, 0.3) is 5.78 Å². The summed E-state index contributed by atoms with van der Waals surface area (Å²) in [5.41, 5.74) is 13.1. The van der Waals surface area contributed by atoms with Gasteiger partial charge in [-0.1, -0.05) is 6.07 Å². The Morgan fingerprint density at radius 2 is 1.94 bits per heavy atom. The van der Waals surface area contributed by atoms with Crippen LogP contribution in [-0.4, -0.2) is 81.7 Å². The van der Waals surface area contributed by atoms with Crippen molar-refractivity contribution in [1.29, 1.82) is 0 Å². The minimum absolute atomic E-state index is 0.212. The normalized spacial score (nSPS) is 14.6. The Kier molecular flexibility index (Phi) is 5.72. The number of anilines is 3. The number of carbonyl (C=O) groups excluding carboxylic acids is 1. The van der Waals surface area contributed by atoms with Crippen molar-refractivity contribution in [3.63, 3.8) is 0 Å². The lowest BCUT2D eigenvalue weighted by molar-refractivity contribution is 0.100. The van der Waals surface area contributed by atoms with Crippen molar-refractivity contribution in [3.8, 4) is 11.6 Å². The van der Waals surface area contributed by atoms with E-state index in [1.54, 1.807) is 24.5 Å². The number of nitrogens with two attached hydrogens (primary N) is 2. The third-order valence-electron chi connectivity index (χ3n) is 5.92. The van der Waals surface area contributed by atoms with Gasteiger partial charge in [0.05, 0.1) is 6.26 Å². The van der Waals surface area contributed by atoms with Gasteiger partial charge in [-0.2, -0.15) is 19.5 Å². The van der Waals surface area contributed by atoms with Crippen LogP contribution in [0.4, 0.5) is 17.6 Å². The number of piperazine rings is 1. The van der Waals surface area contributed by atoms with Crippen LogP contribution < -0.4 is 21.3 Å². The number of fused-ring (bicyclic) bond motifs is 1. The molecule has 0 radical (unpaired) electrons. The quantitative estimate of drug-likeness (QED) is 0.402. The Hall–Kier alpha value is -4.19. The van der Waals surface area contributed by atoms with Crippen LogP contribution in [0.25, 0.3) is 17.4 Å². The van der Waals surface area contributed by atoms with Gasteiger partial charge >= 0.3 is 0 Å². The Morgan fingerprint density at radius 3 is 2.68 bits per heavy atom. The number of nitrogens with zero attached hydrogens (tertiary/aromatic N) is 8. The molecule has 4 heterocycles. The molecule has 0 saturated carbocycles. The van der Waals surface area contributed by atoms with Crippen molar-refractivity contribution in [1.82, 2.24) is 29.5 Å². The summed E-state index contributed by atoms with van der Waals surface area (Å²) in [6.45, 7) is 5.14. The molecule has 1 aliphatic heterocycles. The van der Waals surface area contributed by atoms with Gasteiger partial charge in [-0.3, -0.25) is 9.69 Å². The number of furan rings is 1. The summed E-state index contributed by atoms with van der Waals surface area (Å²) in [6, 6.07) is 11.0. The van der Waals surface area contributed by atoms with Crippen molar-refractivity contribution < 1.29 is 9.21 Å². The summed E-state index contributed by atoms with van der Waals surface area (Å²) in [6.07, 6.45) is 1.56. The molecule has 0 aliphatic carbocycles. The molecule has 4 aromatic rings. The fourth-order valence-electron chi connectivity index (χ4n) is 3.95. The third kappa shape index (κ3) is 4.35. The lowest BCUT2D eigenvalue weighted by atomic mass is 10.1. The van der Waals surface area contributed by atoms with Crippen LogP contribution in [0.2, 0.25) is 0 Å². The van der Waals surface area contributed by atoms with Gasteiger partial charge in [0.2, 0.25) is 23.6 Å². The van der Waals surface area contributed by atoms with Crippen LogP contribution in [0.1, 0.15) is 10.4 Å². The zero-order valence-electron chi connectivity index (χ0n) is 18.8. The predicted octanol–water partition coefficient (Wildman–Crippen LogP) is 0.719. The van der Waals surface area contributed by atoms with Crippen LogP contribution in [0.5, 0.6) is 0 Å². The second kappa shape index (κ2) is 8.98. The molecule has 1 aromatic carbocycles. The molecule has 34 heavy (non-hydrogen) atoms. The van der Waals surface area contributed by atoms with Gasteiger partial charge in [-0.25, -0.2) is 0 Å². The highest BCUT2D eigenvalue weighted by Gasteiger charge is 2.20. The summed E-state index contributed by atoms with van der Waals surface area (Å²) < 4.78 is 6.76.